The van der Waals surface area contributed by atoms with Crippen molar-refractivity contribution in [3.8, 4) is 11.3 Å². The van der Waals surface area contributed by atoms with E-state index in [1.165, 1.54) is 3.57 Å². The van der Waals surface area contributed by atoms with E-state index in [9.17, 15) is 0 Å². The van der Waals surface area contributed by atoms with Gasteiger partial charge in [0.05, 0.1) is 5.69 Å². The average molecular weight is 327 g/mol. The summed E-state index contributed by atoms with van der Waals surface area (Å²) in [6, 6.07) is 10.5. The Morgan fingerprint density at radius 3 is 2.38 bits per heavy atom. The predicted octanol–water partition coefficient (Wildman–Crippen LogP) is 3.32. The normalized spacial score (nSPS) is 11.0. The van der Waals surface area contributed by atoms with Crippen molar-refractivity contribution in [3.05, 3.63) is 33.9 Å². The number of benzene rings is 1. The molecule has 84 valence electrons. The molecule has 16 heavy (non-hydrogen) atoms. The Kier molecular flexibility index (Phi) is 3.18. The molecule has 2 N–H and O–H groups in total. The SMILES string of the molecule is CC(C)n1nc(-c2ccc(I)cc2)cc1N. The number of halogens is 1. The van der Waals surface area contributed by atoms with Gasteiger partial charge in [0, 0.05) is 21.2 Å². The van der Waals surface area contributed by atoms with Crippen LogP contribution in [0.25, 0.3) is 11.3 Å². The van der Waals surface area contributed by atoms with Crippen molar-refractivity contribution >= 4 is 28.4 Å². The average Bonchev–Trinajstić information content (AvgIpc) is 2.61. The van der Waals surface area contributed by atoms with Gasteiger partial charge in [-0.2, -0.15) is 5.10 Å². The maximum absolute atomic E-state index is 5.91. The Morgan fingerprint density at radius 1 is 1.25 bits per heavy atom. The van der Waals surface area contributed by atoms with Crippen LogP contribution in [0.15, 0.2) is 30.3 Å². The molecule has 0 saturated carbocycles. The Bertz CT molecular complexity index is 485. The van der Waals surface area contributed by atoms with Crippen molar-refractivity contribution in [2.24, 2.45) is 0 Å². The molecule has 0 fully saturated rings. The van der Waals surface area contributed by atoms with E-state index in [2.05, 4.69) is 65.8 Å². The van der Waals surface area contributed by atoms with Gasteiger partial charge < -0.3 is 5.73 Å². The number of anilines is 1. The third-order valence-corrected chi connectivity index (χ3v) is 3.11. The summed E-state index contributed by atoms with van der Waals surface area (Å²) in [6.07, 6.45) is 0. The summed E-state index contributed by atoms with van der Waals surface area (Å²) in [7, 11) is 0. The third-order valence-electron chi connectivity index (χ3n) is 2.39. The van der Waals surface area contributed by atoms with E-state index in [0.717, 1.165) is 11.3 Å². The van der Waals surface area contributed by atoms with Crippen molar-refractivity contribution in [1.29, 1.82) is 0 Å². The van der Waals surface area contributed by atoms with Gasteiger partial charge in [0.15, 0.2) is 0 Å². The first kappa shape index (κ1) is 11.4. The zero-order valence-electron chi connectivity index (χ0n) is 9.31. The molecule has 1 heterocycles. The van der Waals surface area contributed by atoms with Crippen LogP contribution in [0.5, 0.6) is 0 Å². The van der Waals surface area contributed by atoms with Gasteiger partial charge in [-0.25, -0.2) is 4.68 Å². The Labute approximate surface area is 109 Å². The highest BCUT2D eigenvalue weighted by Gasteiger charge is 2.08. The van der Waals surface area contributed by atoms with Crippen LogP contribution in [0.2, 0.25) is 0 Å². The van der Waals surface area contributed by atoms with Crippen LogP contribution in [-0.2, 0) is 0 Å². The minimum Gasteiger partial charge on any atom is -0.384 e. The van der Waals surface area contributed by atoms with Gasteiger partial charge >= 0.3 is 0 Å². The van der Waals surface area contributed by atoms with Crippen LogP contribution in [0.4, 0.5) is 5.82 Å². The van der Waals surface area contributed by atoms with Crippen molar-refractivity contribution in [2.75, 3.05) is 5.73 Å². The fraction of sp³-hybridized carbons (Fsp3) is 0.250. The Balaban J connectivity index is 2.41. The lowest BCUT2D eigenvalue weighted by molar-refractivity contribution is 0.542. The first-order chi connectivity index (χ1) is 7.58. The minimum atomic E-state index is 0.289. The molecule has 0 bridgehead atoms. The maximum atomic E-state index is 5.91. The van der Waals surface area contributed by atoms with Crippen LogP contribution in [0.1, 0.15) is 19.9 Å². The lowest BCUT2D eigenvalue weighted by atomic mass is 10.2. The van der Waals surface area contributed by atoms with Gasteiger partial charge in [0.2, 0.25) is 0 Å². The van der Waals surface area contributed by atoms with E-state index in [-0.39, 0.29) is 6.04 Å². The maximum Gasteiger partial charge on any atom is 0.122 e. The van der Waals surface area contributed by atoms with Crippen LogP contribution < -0.4 is 5.73 Å². The summed E-state index contributed by atoms with van der Waals surface area (Å²) in [5.41, 5.74) is 7.94. The van der Waals surface area contributed by atoms with Crippen LogP contribution >= 0.6 is 22.6 Å². The largest absolute Gasteiger partial charge is 0.384 e. The molecule has 0 saturated heterocycles. The molecule has 2 rings (SSSR count). The molecule has 0 radical (unpaired) electrons. The van der Waals surface area contributed by atoms with Gasteiger partial charge in [-0.15, -0.1) is 0 Å². The summed E-state index contributed by atoms with van der Waals surface area (Å²) < 4.78 is 3.06. The zero-order valence-corrected chi connectivity index (χ0v) is 11.5. The summed E-state index contributed by atoms with van der Waals surface area (Å²) in [4.78, 5) is 0. The van der Waals surface area contributed by atoms with Crippen LogP contribution in [-0.4, -0.2) is 9.78 Å². The highest BCUT2D eigenvalue weighted by Crippen LogP contribution is 2.23. The predicted molar refractivity (Wildman–Crippen MR) is 75.2 cm³/mol. The number of nitrogens with two attached hydrogens (primary N) is 1. The van der Waals surface area contributed by atoms with Crippen molar-refractivity contribution in [2.45, 2.75) is 19.9 Å². The second-order valence-electron chi connectivity index (χ2n) is 4.00. The Hall–Kier alpha value is -1.04. The second-order valence-corrected chi connectivity index (χ2v) is 5.25. The van der Waals surface area contributed by atoms with Crippen LogP contribution in [0, 0.1) is 3.57 Å². The molecular weight excluding hydrogens is 313 g/mol. The molecule has 0 unspecified atom stereocenters. The van der Waals surface area contributed by atoms with Crippen molar-refractivity contribution in [3.63, 3.8) is 0 Å². The number of hydrogen-bond donors (Lipinski definition) is 1. The second kappa shape index (κ2) is 4.45. The Morgan fingerprint density at radius 2 is 1.88 bits per heavy atom. The smallest absolute Gasteiger partial charge is 0.122 e. The molecule has 0 aliphatic carbocycles. The number of nitrogen functional groups attached to an aromatic ring is 1. The molecule has 0 atom stereocenters. The van der Waals surface area contributed by atoms with Gasteiger partial charge in [-0.05, 0) is 48.6 Å². The summed E-state index contributed by atoms with van der Waals surface area (Å²) in [5, 5.41) is 4.50. The molecular formula is C12H14IN3. The lowest BCUT2D eigenvalue weighted by Crippen LogP contribution is -2.06. The highest BCUT2D eigenvalue weighted by atomic mass is 127. The summed E-state index contributed by atoms with van der Waals surface area (Å²) >= 11 is 2.29. The third kappa shape index (κ3) is 2.21. The van der Waals surface area contributed by atoms with E-state index in [1.807, 2.05) is 10.7 Å². The molecule has 0 aliphatic rings. The van der Waals surface area contributed by atoms with Gasteiger partial charge in [-0.1, -0.05) is 12.1 Å². The van der Waals surface area contributed by atoms with E-state index < -0.39 is 0 Å². The molecule has 2 aromatic rings. The molecule has 1 aromatic heterocycles. The molecule has 0 spiro atoms. The summed E-state index contributed by atoms with van der Waals surface area (Å²) in [6.45, 7) is 4.14. The molecule has 0 amide bonds. The topological polar surface area (TPSA) is 43.8 Å². The number of nitrogens with zero attached hydrogens (tertiary/aromatic N) is 2. The highest BCUT2D eigenvalue weighted by molar-refractivity contribution is 14.1. The molecule has 1 aromatic carbocycles. The standard InChI is InChI=1S/C12H14IN3/c1-8(2)16-12(14)7-11(15-16)9-3-5-10(13)6-4-9/h3-8H,14H2,1-2H3. The monoisotopic (exact) mass is 327 g/mol. The van der Waals surface area contributed by atoms with Crippen molar-refractivity contribution in [1.82, 2.24) is 9.78 Å². The lowest BCUT2D eigenvalue weighted by Gasteiger charge is -2.06. The molecule has 3 nitrogen and oxygen atoms in total. The number of rotatable bonds is 2. The van der Waals surface area contributed by atoms with E-state index in [1.54, 1.807) is 0 Å². The number of aromatic nitrogens is 2. The molecule has 0 aliphatic heterocycles. The number of hydrogen-bond acceptors (Lipinski definition) is 2. The first-order valence-corrected chi connectivity index (χ1v) is 6.27. The van der Waals surface area contributed by atoms with E-state index >= 15 is 0 Å². The van der Waals surface area contributed by atoms with Gasteiger partial charge in [0.1, 0.15) is 5.82 Å². The van der Waals surface area contributed by atoms with E-state index in [0.29, 0.717) is 5.82 Å². The fourth-order valence-corrected chi connectivity index (χ4v) is 1.94. The van der Waals surface area contributed by atoms with Crippen molar-refractivity contribution < 1.29 is 0 Å². The molecule has 4 heteroatoms. The van der Waals surface area contributed by atoms with E-state index in [4.69, 9.17) is 5.73 Å². The van der Waals surface area contributed by atoms with Crippen LogP contribution in [0.3, 0.4) is 0 Å². The first-order valence-electron chi connectivity index (χ1n) is 5.19. The zero-order chi connectivity index (χ0) is 11.7. The van der Waals surface area contributed by atoms with Gasteiger partial charge in [0.25, 0.3) is 0 Å². The fourth-order valence-electron chi connectivity index (χ4n) is 1.58. The summed E-state index contributed by atoms with van der Waals surface area (Å²) in [5.74, 6) is 0.712. The minimum absolute atomic E-state index is 0.289. The van der Waals surface area contributed by atoms with Gasteiger partial charge in [-0.3, -0.25) is 0 Å². The quantitative estimate of drug-likeness (QED) is 0.860.